The van der Waals surface area contributed by atoms with Gasteiger partial charge >= 0.3 is 0 Å². The molecule has 1 saturated heterocycles. The highest BCUT2D eigenvalue weighted by Gasteiger charge is 2.26. The molecular weight excluding hydrogens is 202 g/mol. The molecule has 0 spiro atoms. The topological polar surface area (TPSA) is 59.2 Å². The Kier molecular flexibility index (Phi) is 3.19. The first-order valence-electron chi connectivity index (χ1n) is 5.60. The Morgan fingerprint density at radius 3 is 3.06 bits per heavy atom. The van der Waals surface area contributed by atoms with Crippen LogP contribution in [0.2, 0.25) is 0 Å². The van der Waals surface area contributed by atoms with E-state index in [0.29, 0.717) is 25.4 Å². The largest absolute Gasteiger partial charge is 0.338 e. The van der Waals surface area contributed by atoms with Crippen LogP contribution in [0, 0.1) is 5.92 Å². The van der Waals surface area contributed by atoms with Gasteiger partial charge in [0.2, 0.25) is 5.91 Å². The van der Waals surface area contributed by atoms with Gasteiger partial charge in [0.25, 0.3) is 0 Å². The summed E-state index contributed by atoms with van der Waals surface area (Å²) >= 11 is 0. The maximum absolute atomic E-state index is 11.6. The molecule has 1 atom stereocenters. The van der Waals surface area contributed by atoms with Crippen LogP contribution in [0.3, 0.4) is 0 Å². The van der Waals surface area contributed by atoms with Crippen molar-refractivity contribution in [3.8, 4) is 0 Å². The van der Waals surface area contributed by atoms with Crippen molar-refractivity contribution in [2.45, 2.75) is 26.4 Å². The zero-order valence-electron chi connectivity index (χ0n) is 9.52. The lowest BCUT2D eigenvalue weighted by molar-refractivity contribution is -0.128. The summed E-state index contributed by atoms with van der Waals surface area (Å²) in [6.45, 7) is 4.09. The number of pyridine rings is 1. The van der Waals surface area contributed by atoms with Gasteiger partial charge in [-0.2, -0.15) is 0 Å². The van der Waals surface area contributed by atoms with E-state index in [0.717, 1.165) is 17.8 Å². The molecule has 1 unspecified atom stereocenters. The van der Waals surface area contributed by atoms with Gasteiger partial charge in [0.1, 0.15) is 0 Å². The Morgan fingerprint density at radius 2 is 2.44 bits per heavy atom. The first kappa shape index (κ1) is 11.1. The third kappa shape index (κ3) is 2.39. The van der Waals surface area contributed by atoms with Gasteiger partial charge in [0.05, 0.1) is 5.69 Å². The van der Waals surface area contributed by atoms with E-state index in [4.69, 9.17) is 5.73 Å². The van der Waals surface area contributed by atoms with Crippen molar-refractivity contribution in [1.82, 2.24) is 9.88 Å². The van der Waals surface area contributed by atoms with Crippen molar-refractivity contribution in [2.75, 3.05) is 6.54 Å². The minimum Gasteiger partial charge on any atom is -0.338 e. The number of likely N-dealkylation sites (tertiary alicyclic amines) is 1. The summed E-state index contributed by atoms with van der Waals surface area (Å²) in [5, 5.41) is 0. The summed E-state index contributed by atoms with van der Waals surface area (Å²) in [4.78, 5) is 17.7. The van der Waals surface area contributed by atoms with Crippen molar-refractivity contribution in [1.29, 1.82) is 0 Å². The fourth-order valence-corrected chi connectivity index (χ4v) is 2.08. The average molecular weight is 219 g/mol. The van der Waals surface area contributed by atoms with Crippen LogP contribution in [0.25, 0.3) is 0 Å². The Labute approximate surface area is 95.5 Å². The van der Waals surface area contributed by atoms with E-state index >= 15 is 0 Å². The van der Waals surface area contributed by atoms with Crippen LogP contribution >= 0.6 is 0 Å². The summed E-state index contributed by atoms with van der Waals surface area (Å²) in [6.07, 6.45) is 2.43. The molecule has 1 aliphatic heterocycles. The quantitative estimate of drug-likeness (QED) is 0.822. The van der Waals surface area contributed by atoms with E-state index in [2.05, 4.69) is 11.9 Å². The summed E-state index contributed by atoms with van der Waals surface area (Å²) < 4.78 is 0. The minimum absolute atomic E-state index is 0.249. The highest BCUT2D eigenvalue weighted by atomic mass is 16.2. The number of hydrogen-bond donors (Lipinski definition) is 1. The van der Waals surface area contributed by atoms with Crippen LogP contribution in [-0.4, -0.2) is 22.3 Å². The molecule has 2 rings (SSSR count). The molecule has 0 aliphatic carbocycles. The number of hydrogen-bond acceptors (Lipinski definition) is 3. The Balaban J connectivity index is 2.06. The lowest BCUT2D eigenvalue weighted by atomic mass is 10.2. The molecule has 1 aromatic heterocycles. The molecule has 2 heterocycles. The Morgan fingerprint density at radius 1 is 1.62 bits per heavy atom. The maximum Gasteiger partial charge on any atom is 0.223 e. The summed E-state index contributed by atoms with van der Waals surface area (Å²) in [5.41, 5.74) is 7.51. The van der Waals surface area contributed by atoms with Crippen molar-refractivity contribution >= 4 is 5.91 Å². The molecule has 1 aromatic rings. The molecule has 4 nitrogen and oxygen atoms in total. The zero-order valence-corrected chi connectivity index (χ0v) is 9.52. The van der Waals surface area contributed by atoms with Crippen molar-refractivity contribution in [2.24, 2.45) is 11.7 Å². The molecule has 1 amide bonds. The molecule has 0 bridgehead atoms. The van der Waals surface area contributed by atoms with Gasteiger partial charge in [-0.3, -0.25) is 9.78 Å². The fourth-order valence-electron chi connectivity index (χ4n) is 2.08. The number of carbonyl (C=O) groups is 1. The molecule has 4 heteroatoms. The SMILES string of the molecule is CC1CC(=O)N(Cc2ccnc(CN)c2)C1. The van der Waals surface area contributed by atoms with Gasteiger partial charge in [-0.25, -0.2) is 0 Å². The summed E-state index contributed by atoms with van der Waals surface area (Å²) in [5.74, 6) is 0.724. The molecule has 0 radical (unpaired) electrons. The number of carbonyl (C=O) groups excluding carboxylic acids is 1. The number of amides is 1. The average Bonchev–Trinajstić information content (AvgIpc) is 2.58. The second kappa shape index (κ2) is 4.61. The Hall–Kier alpha value is -1.42. The molecule has 16 heavy (non-hydrogen) atoms. The highest BCUT2D eigenvalue weighted by molar-refractivity contribution is 5.78. The van der Waals surface area contributed by atoms with Gasteiger partial charge in [-0.15, -0.1) is 0 Å². The molecule has 1 fully saturated rings. The lowest BCUT2D eigenvalue weighted by Gasteiger charge is -2.16. The third-order valence-electron chi connectivity index (χ3n) is 2.87. The number of aromatic nitrogens is 1. The lowest BCUT2D eigenvalue weighted by Crippen LogP contribution is -2.24. The second-order valence-corrected chi connectivity index (χ2v) is 4.44. The van der Waals surface area contributed by atoms with Crippen LogP contribution in [0.15, 0.2) is 18.3 Å². The normalized spacial score (nSPS) is 20.5. The molecular formula is C12H17N3O. The van der Waals surface area contributed by atoms with Gasteiger partial charge in [0.15, 0.2) is 0 Å². The monoisotopic (exact) mass is 219 g/mol. The van der Waals surface area contributed by atoms with Crippen LogP contribution in [-0.2, 0) is 17.9 Å². The van der Waals surface area contributed by atoms with Crippen LogP contribution < -0.4 is 5.73 Å². The molecule has 0 aromatic carbocycles. The van der Waals surface area contributed by atoms with Crippen molar-refractivity contribution < 1.29 is 4.79 Å². The standard InChI is InChI=1S/C12H17N3O/c1-9-4-12(16)15(7-9)8-10-2-3-14-11(5-10)6-13/h2-3,5,9H,4,6-8,13H2,1H3. The fraction of sp³-hybridized carbons (Fsp3) is 0.500. The van der Waals surface area contributed by atoms with Gasteiger partial charge in [-0.1, -0.05) is 6.92 Å². The maximum atomic E-state index is 11.6. The van der Waals surface area contributed by atoms with E-state index in [1.165, 1.54) is 0 Å². The van der Waals surface area contributed by atoms with Crippen LogP contribution in [0.5, 0.6) is 0 Å². The second-order valence-electron chi connectivity index (χ2n) is 4.44. The molecule has 0 saturated carbocycles. The van der Waals surface area contributed by atoms with E-state index in [1.807, 2.05) is 17.0 Å². The van der Waals surface area contributed by atoms with Gasteiger partial charge in [0, 0.05) is 32.3 Å². The summed E-state index contributed by atoms with van der Waals surface area (Å²) in [6, 6.07) is 3.91. The van der Waals surface area contributed by atoms with E-state index < -0.39 is 0 Å². The molecule has 1 aliphatic rings. The van der Waals surface area contributed by atoms with Crippen molar-refractivity contribution in [3.63, 3.8) is 0 Å². The van der Waals surface area contributed by atoms with E-state index in [9.17, 15) is 4.79 Å². The smallest absolute Gasteiger partial charge is 0.223 e. The van der Waals surface area contributed by atoms with E-state index in [-0.39, 0.29) is 5.91 Å². The van der Waals surface area contributed by atoms with Gasteiger partial charge in [-0.05, 0) is 23.6 Å². The predicted octanol–water partition coefficient (Wildman–Crippen LogP) is 0.909. The zero-order chi connectivity index (χ0) is 11.5. The third-order valence-corrected chi connectivity index (χ3v) is 2.87. The van der Waals surface area contributed by atoms with Crippen LogP contribution in [0.1, 0.15) is 24.6 Å². The molecule has 2 N–H and O–H groups in total. The van der Waals surface area contributed by atoms with Gasteiger partial charge < -0.3 is 10.6 Å². The van der Waals surface area contributed by atoms with Crippen LogP contribution in [0.4, 0.5) is 0 Å². The summed E-state index contributed by atoms with van der Waals surface area (Å²) in [7, 11) is 0. The predicted molar refractivity (Wildman–Crippen MR) is 61.3 cm³/mol. The number of nitrogens with two attached hydrogens (primary N) is 1. The highest BCUT2D eigenvalue weighted by Crippen LogP contribution is 2.19. The Bertz CT molecular complexity index is 392. The number of rotatable bonds is 3. The first-order chi connectivity index (χ1) is 7.69. The van der Waals surface area contributed by atoms with Crippen molar-refractivity contribution in [3.05, 3.63) is 29.6 Å². The number of nitrogens with zero attached hydrogens (tertiary/aromatic N) is 2. The van der Waals surface area contributed by atoms with E-state index in [1.54, 1.807) is 6.20 Å². The molecule has 86 valence electrons. The minimum atomic E-state index is 0.249. The first-order valence-corrected chi connectivity index (χ1v) is 5.60.